The first-order valence-corrected chi connectivity index (χ1v) is 4.06. The fourth-order valence-corrected chi connectivity index (χ4v) is 1.11. The third-order valence-corrected chi connectivity index (χ3v) is 1.76. The molecule has 1 atom stereocenters. The molecule has 61 valence electrons. The Bertz CT molecular complexity index is 172. The number of ether oxygens (including phenoxy) is 1. The summed E-state index contributed by atoms with van der Waals surface area (Å²) in [6.07, 6.45) is 7.42. The molecule has 0 amide bonds. The molecule has 0 fully saturated rings. The van der Waals surface area contributed by atoms with Gasteiger partial charge in [-0.1, -0.05) is 20.3 Å². The van der Waals surface area contributed by atoms with E-state index in [1.165, 1.54) is 6.42 Å². The van der Waals surface area contributed by atoms with E-state index in [9.17, 15) is 0 Å². The fraction of sp³-hybridized carbons (Fsp3) is 0.556. The summed E-state index contributed by atoms with van der Waals surface area (Å²) in [4.78, 5) is 0. The van der Waals surface area contributed by atoms with E-state index in [4.69, 9.17) is 4.74 Å². The lowest BCUT2D eigenvalue weighted by Crippen LogP contribution is -2.06. The van der Waals surface area contributed by atoms with Crippen molar-refractivity contribution in [2.24, 2.45) is 5.92 Å². The molecule has 1 aliphatic heterocycles. The summed E-state index contributed by atoms with van der Waals surface area (Å²) >= 11 is 0. The van der Waals surface area contributed by atoms with Crippen LogP contribution in [0.15, 0.2) is 24.4 Å². The third kappa shape index (κ3) is 2.30. The van der Waals surface area contributed by atoms with E-state index in [0.29, 0.717) is 5.92 Å². The molecule has 2 nitrogen and oxygen atoms in total. The normalized spacial score (nSPS) is 18.2. The van der Waals surface area contributed by atoms with Crippen molar-refractivity contribution in [3.8, 4) is 0 Å². The second-order valence-electron chi connectivity index (χ2n) is 2.77. The number of nitrogens with zero attached hydrogens (tertiary/aromatic N) is 1. The summed E-state index contributed by atoms with van der Waals surface area (Å²) in [7, 11) is 0. The van der Waals surface area contributed by atoms with Crippen molar-refractivity contribution in [2.45, 2.75) is 26.7 Å². The van der Waals surface area contributed by atoms with E-state index in [-0.39, 0.29) is 0 Å². The smallest absolute Gasteiger partial charge is 0.124 e. The van der Waals surface area contributed by atoms with Crippen molar-refractivity contribution >= 4 is 0 Å². The number of hydrogen-bond donors (Lipinski definition) is 0. The van der Waals surface area contributed by atoms with Crippen molar-refractivity contribution in [3.63, 3.8) is 0 Å². The summed E-state index contributed by atoms with van der Waals surface area (Å²) < 4.78 is 5.28. The van der Waals surface area contributed by atoms with Gasteiger partial charge in [-0.15, -0.1) is 0 Å². The van der Waals surface area contributed by atoms with Crippen LogP contribution in [0, 0.1) is 5.92 Å². The molecule has 0 spiro atoms. The molecule has 11 heavy (non-hydrogen) atoms. The van der Waals surface area contributed by atoms with Crippen LogP contribution in [-0.2, 0) is 4.74 Å². The van der Waals surface area contributed by atoms with E-state index in [1.54, 1.807) is 18.7 Å². The molecule has 0 saturated heterocycles. The molecule has 2 heteroatoms. The highest BCUT2D eigenvalue weighted by atomic mass is 16.5. The van der Waals surface area contributed by atoms with Gasteiger partial charge in [-0.25, -0.2) is 0 Å². The topological polar surface area (TPSA) is 23.3 Å². The zero-order valence-corrected chi connectivity index (χ0v) is 7.08. The monoisotopic (exact) mass is 152 g/mol. The van der Waals surface area contributed by atoms with Crippen LogP contribution in [0.2, 0.25) is 0 Å². The van der Waals surface area contributed by atoms with E-state index >= 15 is 0 Å². The first-order chi connectivity index (χ1) is 5.34. The average molecular weight is 152 g/mol. The van der Waals surface area contributed by atoms with Crippen LogP contribution in [0.3, 0.4) is 0 Å². The van der Waals surface area contributed by atoms with Crippen molar-refractivity contribution in [2.75, 3.05) is 0 Å². The Morgan fingerprint density at radius 1 is 1.64 bits per heavy atom. The summed E-state index contributed by atoms with van der Waals surface area (Å²) in [5, 5.41) is 3.99. The zero-order valence-electron chi connectivity index (χ0n) is 7.08. The van der Waals surface area contributed by atoms with Crippen LogP contribution in [-0.4, -0.2) is 0 Å². The molecule has 1 radical (unpaired) electrons. The number of allylic oxidation sites excluding steroid dienone is 1. The second kappa shape index (κ2) is 4.06. The highest BCUT2D eigenvalue weighted by molar-refractivity contribution is 5.03. The molecule has 0 aromatic heterocycles. The van der Waals surface area contributed by atoms with E-state index in [1.807, 2.05) is 0 Å². The van der Waals surface area contributed by atoms with E-state index in [0.717, 1.165) is 12.2 Å². The van der Waals surface area contributed by atoms with Crippen molar-refractivity contribution in [1.29, 1.82) is 0 Å². The molecule has 1 unspecified atom stereocenters. The van der Waals surface area contributed by atoms with Gasteiger partial charge < -0.3 is 4.74 Å². The Labute approximate surface area is 67.9 Å². The van der Waals surface area contributed by atoms with Gasteiger partial charge in [0.1, 0.15) is 12.0 Å². The molecular weight excluding hydrogens is 138 g/mol. The molecule has 0 aromatic rings. The van der Waals surface area contributed by atoms with Crippen LogP contribution < -0.4 is 5.32 Å². The van der Waals surface area contributed by atoms with Crippen LogP contribution in [0.1, 0.15) is 26.7 Å². The Hall–Kier alpha value is -0.920. The molecule has 0 saturated carbocycles. The summed E-state index contributed by atoms with van der Waals surface area (Å²) in [5.41, 5.74) is 0. The molecule has 1 aliphatic rings. The average Bonchev–Trinajstić information content (AvgIpc) is 2.07. The quantitative estimate of drug-likeness (QED) is 0.609. The maximum absolute atomic E-state index is 5.28. The number of rotatable bonds is 3. The highest BCUT2D eigenvalue weighted by Gasteiger charge is 2.09. The first kappa shape index (κ1) is 8.18. The zero-order chi connectivity index (χ0) is 8.10. The maximum atomic E-state index is 5.28. The van der Waals surface area contributed by atoms with Crippen molar-refractivity contribution < 1.29 is 4.74 Å². The maximum Gasteiger partial charge on any atom is 0.124 e. The SMILES string of the molecule is CCCC(C)C1=C[N]C=CO1. The Kier molecular flexibility index (Phi) is 3.02. The molecule has 1 rings (SSSR count). The Balaban J connectivity index is 2.39. The lowest BCUT2D eigenvalue weighted by Gasteiger charge is -2.15. The molecule has 0 aromatic carbocycles. The molecule has 1 heterocycles. The predicted octanol–water partition coefficient (Wildman–Crippen LogP) is 2.37. The summed E-state index contributed by atoms with van der Waals surface area (Å²) in [6.45, 7) is 4.33. The molecular formula is C9H14NO. The minimum Gasteiger partial charge on any atom is -0.466 e. The first-order valence-electron chi connectivity index (χ1n) is 4.06. The Morgan fingerprint density at radius 2 is 2.45 bits per heavy atom. The highest BCUT2D eigenvalue weighted by Crippen LogP contribution is 2.18. The van der Waals surface area contributed by atoms with Gasteiger partial charge in [0, 0.05) is 5.92 Å². The van der Waals surface area contributed by atoms with Crippen molar-refractivity contribution in [3.05, 3.63) is 24.4 Å². The second-order valence-corrected chi connectivity index (χ2v) is 2.77. The third-order valence-electron chi connectivity index (χ3n) is 1.76. The molecule has 0 N–H and O–H groups in total. The van der Waals surface area contributed by atoms with Gasteiger partial charge in [-0.2, -0.15) is 0 Å². The van der Waals surface area contributed by atoms with Crippen molar-refractivity contribution in [1.82, 2.24) is 5.32 Å². The van der Waals surface area contributed by atoms with Gasteiger partial charge in [-0.3, -0.25) is 5.32 Å². The lowest BCUT2D eigenvalue weighted by atomic mass is 10.0. The molecule has 0 aliphatic carbocycles. The predicted molar refractivity (Wildman–Crippen MR) is 44.5 cm³/mol. The van der Waals surface area contributed by atoms with E-state index < -0.39 is 0 Å². The summed E-state index contributed by atoms with van der Waals surface area (Å²) in [5.74, 6) is 1.48. The van der Waals surface area contributed by atoms with Gasteiger partial charge in [0.25, 0.3) is 0 Å². The van der Waals surface area contributed by atoms with Gasteiger partial charge >= 0.3 is 0 Å². The van der Waals surface area contributed by atoms with Crippen LogP contribution in [0.25, 0.3) is 0 Å². The van der Waals surface area contributed by atoms with Gasteiger partial charge in [0.15, 0.2) is 0 Å². The lowest BCUT2D eigenvalue weighted by molar-refractivity contribution is 0.278. The summed E-state index contributed by atoms with van der Waals surface area (Å²) in [6, 6.07) is 0. The largest absolute Gasteiger partial charge is 0.466 e. The number of hydrogen-bond acceptors (Lipinski definition) is 1. The molecule has 0 bridgehead atoms. The van der Waals surface area contributed by atoms with Gasteiger partial charge in [0.2, 0.25) is 0 Å². The van der Waals surface area contributed by atoms with Gasteiger partial charge in [0.05, 0.1) is 12.4 Å². The van der Waals surface area contributed by atoms with Crippen LogP contribution >= 0.6 is 0 Å². The minimum atomic E-state index is 0.494. The van der Waals surface area contributed by atoms with Crippen LogP contribution in [0.4, 0.5) is 0 Å². The van der Waals surface area contributed by atoms with Crippen LogP contribution in [0.5, 0.6) is 0 Å². The van der Waals surface area contributed by atoms with E-state index in [2.05, 4.69) is 19.2 Å². The minimum absolute atomic E-state index is 0.494. The van der Waals surface area contributed by atoms with Gasteiger partial charge in [-0.05, 0) is 6.42 Å². The fourth-order valence-electron chi connectivity index (χ4n) is 1.11. The Morgan fingerprint density at radius 3 is 3.00 bits per heavy atom. The standard InChI is InChI=1S/C9H14NO/c1-3-4-8(2)9-7-10-5-6-11-9/h5-8H,3-4H2,1-2H3.